The van der Waals surface area contributed by atoms with E-state index in [0.29, 0.717) is 5.69 Å². The minimum absolute atomic E-state index is 0.125. The highest BCUT2D eigenvalue weighted by Gasteiger charge is 2.09. The zero-order valence-corrected chi connectivity index (χ0v) is 12.9. The Balaban J connectivity index is 2.23. The van der Waals surface area contributed by atoms with Crippen molar-refractivity contribution in [2.75, 3.05) is 26.0 Å². The monoisotopic (exact) mass is 278 g/mol. The zero-order chi connectivity index (χ0) is 14.8. The third-order valence-corrected chi connectivity index (χ3v) is 3.13. The Morgan fingerprint density at radius 2 is 1.80 bits per heavy atom. The second-order valence-corrected chi connectivity index (χ2v) is 5.20. The Labute approximate surface area is 121 Å². The van der Waals surface area contributed by atoms with Gasteiger partial charge in [0, 0.05) is 20.6 Å². The van der Waals surface area contributed by atoms with Crippen molar-refractivity contribution in [1.82, 2.24) is 15.1 Å². The van der Waals surface area contributed by atoms with E-state index in [-0.39, 0.29) is 5.91 Å². The Morgan fingerprint density at radius 1 is 1.10 bits per heavy atom. The van der Waals surface area contributed by atoms with Crippen LogP contribution in [0, 0.1) is 0 Å². The molecule has 1 heterocycles. The van der Waals surface area contributed by atoms with Crippen LogP contribution in [-0.2, 0) is 0 Å². The summed E-state index contributed by atoms with van der Waals surface area (Å²) in [5.41, 5.74) is 0.375. The first-order valence-electron chi connectivity index (χ1n) is 7.44. The van der Waals surface area contributed by atoms with Crippen LogP contribution >= 0.6 is 0 Å². The van der Waals surface area contributed by atoms with Crippen molar-refractivity contribution in [2.45, 2.75) is 45.4 Å². The first kappa shape index (κ1) is 16.4. The first-order chi connectivity index (χ1) is 9.65. The highest BCUT2D eigenvalue weighted by atomic mass is 16.2. The van der Waals surface area contributed by atoms with Crippen molar-refractivity contribution in [1.29, 1.82) is 0 Å². The van der Waals surface area contributed by atoms with E-state index < -0.39 is 0 Å². The average Bonchev–Trinajstić information content (AvgIpc) is 2.46. The maximum Gasteiger partial charge on any atom is 0.273 e. The summed E-state index contributed by atoms with van der Waals surface area (Å²) in [6, 6.07) is 3.51. The lowest BCUT2D eigenvalue weighted by molar-refractivity contribution is 0.0821. The molecule has 5 nitrogen and oxygen atoms in total. The molecule has 0 radical (unpaired) electrons. The largest absolute Gasteiger partial charge is 0.369 e. The van der Waals surface area contributed by atoms with Gasteiger partial charge in [-0.05, 0) is 18.6 Å². The fraction of sp³-hybridized carbons (Fsp3) is 0.667. The molecule has 0 aliphatic rings. The number of anilines is 1. The van der Waals surface area contributed by atoms with Crippen molar-refractivity contribution < 1.29 is 4.79 Å². The molecule has 20 heavy (non-hydrogen) atoms. The van der Waals surface area contributed by atoms with Crippen LogP contribution < -0.4 is 5.32 Å². The lowest BCUT2D eigenvalue weighted by Crippen LogP contribution is -2.23. The van der Waals surface area contributed by atoms with Gasteiger partial charge in [-0.15, -0.1) is 10.2 Å². The Kier molecular flexibility index (Phi) is 7.62. The van der Waals surface area contributed by atoms with E-state index in [4.69, 9.17) is 0 Å². The van der Waals surface area contributed by atoms with Crippen LogP contribution in [0.4, 0.5) is 5.82 Å². The number of unbranched alkanes of at least 4 members (excludes halogenated alkanes) is 5. The summed E-state index contributed by atoms with van der Waals surface area (Å²) < 4.78 is 0. The molecule has 0 bridgehead atoms. The molecule has 1 N–H and O–H groups in total. The summed E-state index contributed by atoms with van der Waals surface area (Å²) in [4.78, 5) is 13.1. The second-order valence-electron chi connectivity index (χ2n) is 5.20. The molecule has 0 atom stereocenters. The lowest BCUT2D eigenvalue weighted by Gasteiger charge is -2.09. The van der Waals surface area contributed by atoms with Crippen LogP contribution in [0.1, 0.15) is 55.9 Å². The molecule has 112 valence electrons. The molecule has 1 rings (SSSR count). The third-order valence-electron chi connectivity index (χ3n) is 3.13. The van der Waals surface area contributed by atoms with Crippen LogP contribution in [0.3, 0.4) is 0 Å². The Bertz CT molecular complexity index is 389. The molecule has 0 saturated carbocycles. The van der Waals surface area contributed by atoms with Crippen LogP contribution in [0.25, 0.3) is 0 Å². The van der Waals surface area contributed by atoms with Gasteiger partial charge in [0.1, 0.15) is 5.82 Å². The minimum atomic E-state index is -0.125. The van der Waals surface area contributed by atoms with Gasteiger partial charge in [-0.2, -0.15) is 0 Å². The van der Waals surface area contributed by atoms with Gasteiger partial charge < -0.3 is 10.2 Å². The number of hydrogen-bond donors (Lipinski definition) is 1. The van der Waals surface area contributed by atoms with E-state index >= 15 is 0 Å². The van der Waals surface area contributed by atoms with E-state index in [1.54, 1.807) is 26.2 Å². The number of aromatic nitrogens is 2. The summed E-state index contributed by atoms with van der Waals surface area (Å²) in [5.74, 6) is 0.605. The normalized spacial score (nSPS) is 10.3. The summed E-state index contributed by atoms with van der Waals surface area (Å²) in [6.07, 6.45) is 7.64. The molecule has 0 aromatic carbocycles. The number of carbonyl (C=O) groups is 1. The van der Waals surface area contributed by atoms with Gasteiger partial charge in [-0.25, -0.2) is 0 Å². The highest BCUT2D eigenvalue weighted by Crippen LogP contribution is 2.07. The molecular formula is C15H26N4O. The quantitative estimate of drug-likeness (QED) is 0.706. The molecule has 1 aromatic rings. The molecule has 0 aliphatic heterocycles. The molecule has 0 unspecified atom stereocenters. The smallest absolute Gasteiger partial charge is 0.273 e. The molecule has 0 saturated heterocycles. The van der Waals surface area contributed by atoms with Gasteiger partial charge in [0.25, 0.3) is 5.91 Å². The third kappa shape index (κ3) is 5.99. The molecule has 0 fully saturated rings. The van der Waals surface area contributed by atoms with Crippen LogP contribution in [0.5, 0.6) is 0 Å². The fourth-order valence-electron chi connectivity index (χ4n) is 1.89. The highest BCUT2D eigenvalue weighted by molar-refractivity contribution is 5.91. The average molecular weight is 278 g/mol. The van der Waals surface area contributed by atoms with Crippen molar-refractivity contribution in [2.24, 2.45) is 0 Å². The van der Waals surface area contributed by atoms with Crippen LogP contribution in [0.15, 0.2) is 12.1 Å². The Morgan fingerprint density at radius 3 is 2.40 bits per heavy atom. The van der Waals surface area contributed by atoms with Crippen molar-refractivity contribution >= 4 is 11.7 Å². The number of rotatable bonds is 9. The number of hydrogen-bond acceptors (Lipinski definition) is 4. The van der Waals surface area contributed by atoms with Crippen LogP contribution in [0.2, 0.25) is 0 Å². The zero-order valence-electron chi connectivity index (χ0n) is 12.9. The lowest BCUT2D eigenvalue weighted by atomic mass is 10.1. The number of carbonyl (C=O) groups excluding carboxylic acids is 1. The maximum atomic E-state index is 11.6. The van der Waals surface area contributed by atoms with Crippen LogP contribution in [-0.4, -0.2) is 41.6 Å². The topological polar surface area (TPSA) is 58.1 Å². The molecule has 1 aromatic heterocycles. The molecule has 0 aliphatic carbocycles. The van der Waals surface area contributed by atoms with Gasteiger partial charge in [0.05, 0.1) is 0 Å². The predicted octanol–water partition coefficient (Wildman–Crippen LogP) is 2.95. The van der Waals surface area contributed by atoms with Gasteiger partial charge >= 0.3 is 0 Å². The number of nitrogens with one attached hydrogen (secondary N) is 1. The van der Waals surface area contributed by atoms with Crippen molar-refractivity contribution in [3.8, 4) is 0 Å². The minimum Gasteiger partial charge on any atom is -0.369 e. The number of amides is 1. The summed E-state index contributed by atoms with van der Waals surface area (Å²) in [5, 5.41) is 11.2. The van der Waals surface area contributed by atoms with Crippen molar-refractivity contribution in [3.63, 3.8) is 0 Å². The standard InChI is InChI=1S/C15H26N4O/c1-4-5-6-7-8-9-12-16-14-11-10-13(17-18-14)15(20)19(2)3/h10-11H,4-9,12H2,1-3H3,(H,16,18). The summed E-state index contributed by atoms with van der Waals surface area (Å²) in [6.45, 7) is 3.13. The second kappa shape index (κ2) is 9.28. The van der Waals surface area contributed by atoms with E-state index in [0.717, 1.165) is 18.8 Å². The van der Waals surface area contributed by atoms with E-state index in [1.165, 1.54) is 37.0 Å². The fourth-order valence-corrected chi connectivity index (χ4v) is 1.89. The van der Waals surface area contributed by atoms with Crippen molar-refractivity contribution in [3.05, 3.63) is 17.8 Å². The molecule has 1 amide bonds. The summed E-state index contributed by atoms with van der Waals surface area (Å²) >= 11 is 0. The summed E-state index contributed by atoms with van der Waals surface area (Å²) in [7, 11) is 3.41. The van der Waals surface area contributed by atoms with Gasteiger partial charge in [-0.1, -0.05) is 39.0 Å². The van der Waals surface area contributed by atoms with Gasteiger partial charge in [-0.3, -0.25) is 4.79 Å². The van der Waals surface area contributed by atoms with E-state index in [1.807, 2.05) is 0 Å². The predicted molar refractivity (Wildman–Crippen MR) is 81.9 cm³/mol. The molecule has 0 spiro atoms. The van der Waals surface area contributed by atoms with Gasteiger partial charge in [0.15, 0.2) is 5.69 Å². The van der Waals surface area contributed by atoms with Gasteiger partial charge in [0.2, 0.25) is 0 Å². The molecule has 5 heteroatoms. The van der Waals surface area contributed by atoms with E-state index in [2.05, 4.69) is 22.4 Å². The first-order valence-corrected chi connectivity index (χ1v) is 7.44. The maximum absolute atomic E-state index is 11.6. The molecular weight excluding hydrogens is 252 g/mol. The Hall–Kier alpha value is -1.65. The van der Waals surface area contributed by atoms with E-state index in [9.17, 15) is 4.79 Å². The number of nitrogens with zero attached hydrogens (tertiary/aromatic N) is 3. The SMILES string of the molecule is CCCCCCCCNc1ccc(C(=O)N(C)C)nn1.